The van der Waals surface area contributed by atoms with Crippen LogP contribution in [0.2, 0.25) is 5.02 Å². The predicted molar refractivity (Wildman–Crippen MR) is 131 cm³/mol. The number of nitrogens with zero attached hydrogens (tertiary/aromatic N) is 1. The van der Waals surface area contributed by atoms with Gasteiger partial charge in [-0.3, -0.25) is 9.69 Å². The van der Waals surface area contributed by atoms with Gasteiger partial charge in [-0.2, -0.15) is 0 Å². The van der Waals surface area contributed by atoms with Crippen LogP contribution in [0.25, 0.3) is 6.08 Å². The smallest absolute Gasteiger partial charge is 0.270 e. The van der Waals surface area contributed by atoms with Crippen molar-refractivity contribution in [3.63, 3.8) is 0 Å². The van der Waals surface area contributed by atoms with Crippen molar-refractivity contribution in [3.8, 4) is 11.5 Å². The summed E-state index contributed by atoms with van der Waals surface area (Å²) < 4.78 is 11.6. The van der Waals surface area contributed by atoms with Crippen molar-refractivity contribution < 1.29 is 14.3 Å². The average molecular weight is 468 g/mol. The number of amides is 1. The Morgan fingerprint density at radius 3 is 2.55 bits per heavy atom. The van der Waals surface area contributed by atoms with Crippen molar-refractivity contribution in [1.82, 2.24) is 0 Å². The summed E-state index contributed by atoms with van der Waals surface area (Å²) in [5.74, 6) is 1.26. The van der Waals surface area contributed by atoms with Gasteiger partial charge in [-0.1, -0.05) is 65.9 Å². The van der Waals surface area contributed by atoms with E-state index in [2.05, 4.69) is 0 Å². The van der Waals surface area contributed by atoms with Gasteiger partial charge in [-0.05, 0) is 54.1 Å². The maximum Gasteiger partial charge on any atom is 0.270 e. The van der Waals surface area contributed by atoms with Crippen LogP contribution < -0.4 is 14.4 Å². The van der Waals surface area contributed by atoms with Crippen LogP contribution in [0.1, 0.15) is 11.1 Å². The van der Waals surface area contributed by atoms with E-state index in [-0.39, 0.29) is 5.91 Å². The Hall–Kier alpha value is -2.80. The fourth-order valence-corrected chi connectivity index (χ4v) is 4.53. The first-order valence-corrected chi connectivity index (χ1v) is 11.0. The van der Waals surface area contributed by atoms with Crippen LogP contribution in [0, 0.1) is 0 Å². The Balaban J connectivity index is 1.50. The average Bonchev–Trinajstić information content (AvgIpc) is 3.06. The van der Waals surface area contributed by atoms with Gasteiger partial charge in [0.25, 0.3) is 5.91 Å². The van der Waals surface area contributed by atoms with Gasteiger partial charge in [0.1, 0.15) is 18.1 Å². The quantitative estimate of drug-likeness (QED) is 0.312. The summed E-state index contributed by atoms with van der Waals surface area (Å²) in [6.07, 6.45) is 1.82. The number of benzene rings is 3. The molecule has 0 aliphatic carbocycles. The third kappa shape index (κ3) is 4.93. The van der Waals surface area contributed by atoms with E-state index >= 15 is 0 Å². The largest absolute Gasteiger partial charge is 0.497 e. The second-order valence-corrected chi connectivity index (χ2v) is 8.75. The molecule has 156 valence electrons. The van der Waals surface area contributed by atoms with Crippen molar-refractivity contribution in [2.75, 3.05) is 12.0 Å². The van der Waals surface area contributed by atoms with Crippen LogP contribution in [0.5, 0.6) is 11.5 Å². The number of carbonyl (C=O) groups excluding carboxylic acids is 1. The number of thiocarbonyl (C=S) groups is 1. The molecule has 1 fully saturated rings. The van der Waals surface area contributed by atoms with Crippen molar-refractivity contribution in [2.24, 2.45) is 0 Å². The summed E-state index contributed by atoms with van der Waals surface area (Å²) in [4.78, 5) is 15.1. The molecule has 0 unspecified atom stereocenters. The fourth-order valence-electron chi connectivity index (χ4n) is 3.04. The standard InChI is InChI=1S/C24H18ClNO3S2/c1-28-19-11-9-18(10-12-19)26-23(27)22(31-24(26)30)14-16-5-4-7-20(13-16)29-15-17-6-2-3-8-21(17)25/h2-14H,15H2,1H3. The van der Waals surface area contributed by atoms with E-state index in [0.717, 1.165) is 16.9 Å². The zero-order chi connectivity index (χ0) is 21.8. The maximum absolute atomic E-state index is 13.0. The second kappa shape index (κ2) is 9.56. The highest BCUT2D eigenvalue weighted by atomic mass is 35.5. The highest BCUT2D eigenvalue weighted by Crippen LogP contribution is 2.36. The lowest BCUT2D eigenvalue weighted by atomic mass is 10.2. The second-order valence-electron chi connectivity index (χ2n) is 6.67. The summed E-state index contributed by atoms with van der Waals surface area (Å²) >= 11 is 12.9. The van der Waals surface area contributed by atoms with Gasteiger partial charge in [0.15, 0.2) is 4.32 Å². The molecule has 4 nitrogen and oxygen atoms in total. The minimum absolute atomic E-state index is 0.150. The number of thioether (sulfide) groups is 1. The van der Waals surface area contributed by atoms with Crippen molar-refractivity contribution in [2.45, 2.75) is 6.61 Å². The first-order chi connectivity index (χ1) is 15.0. The normalized spacial score (nSPS) is 14.9. The Labute approximate surface area is 195 Å². The molecule has 3 aromatic carbocycles. The highest BCUT2D eigenvalue weighted by molar-refractivity contribution is 8.27. The molecule has 1 saturated heterocycles. The minimum atomic E-state index is -0.150. The van der Waals surface area contributed by atoms with Gasteiger partial charge in [0.2, 0.25) is 0 Å². The Morgan fingerprint density at radius 1 is 1.03 bits per heavy atom. The first-order valence-electron chi connectivity index (χ1n) is 9.43. The lowest BCUT2D eigenvalue weighted by Gasteiger charge is -2.14. The number of hydrogen-bond donors (Lipinski definition) is 0. The molecule has 0 N–H and O–H groups in total. The van der Waals surface area contributed by atoms with E-state index in [9.17, 15) is 4.79 Å². The van der Waals surface area contributed by atoms with Gasteiger partial charge in [-0.15, -0.1) is 0 Å². The van der Waals surface area contributed by atoms with Gasteiger partial charge >= 0.3 is 0 Å². The lowest BCUT2D eigenvalue weighted by Crippen LogP contribution is -2.27. The van der Waals surface area contributed by atoms with Crippen LogP contribution in [-0.2, 0) is 11.4 Å². The molecule has 1 heterocycles. The van der Waals surface area contributed by atoms with E-state index in [1.807, 2.05) is 66.7 Å². The van der Waals surface area contributed by atoms with Gasteiger partial charge < -0.3 is 9.47 Å². The van der Waals surface area contributed by atoms with E-state index < -0.39 is 0 Å². The van der Waals surface area contributed by atoms with Crippen LogP contribution >= 0.6 is 35.6 Å². The third-order valence-electron chi connectivity index (χ3n) is 4.63. The molecule has 0 atom stereocenters. The number of carbonyl (C=O) groups is 1. The molecule has 1 aliphatic heterocycles. The minimum Gasteiger partial charge on any atom is -0.497 e. The number of methoxy groups -OCH3 is 1. The fraction of sp³-hybridized carbons (Fsp3) is 0.0833. The molecular formula is C24H18ClNO3S2. The number of hydrogen-bond acceptors (Lipinski definition) is 5. The molecule has 0 saturated carbocycles. The Kier molecular flexibility index (Phi) is 6.61. The summed E-state index contributed by atoms with van der Waals surface area (Å²) in [7, 11) is 1.60. The number of ether oxygens (including phenoxy) is 2. The van der Waals surface area contributed by atoms with E-state index in [0.29, 0.717) is 32.3 Å². The van der Waals surface area contributed by atoms with Crippen molar-refractivity contribution in [3.05, 3.63) is 93.9 Å². The van der Waals surface area contributed by atoms with Gasteiger partial charge in [0.05, 0.1) is 17.7 Å². The molecule has 1 amide bonds. The summed E-state index contributed by atoms with van der Waals surface area (Å²) in [6, 6.07) is 22.4. The Morgan fingerprint density at radius 2 is 1.81 bits per heavy atom. The number of rotatable bonds is 6. The molecular weight excluding hydrogens is 450 g/mol. The molecule has 3 aromatic rings. The van der Waals surface area contributed by atoms with E-state index in [1.54, 1.807) is 19.2 Å². The van der Waals surface area contributed by atoms with Crippen LogP contribution in [0.3, 0.4) is 0 Å². The summed E-state index contributed by atoms with van der Waals surface area (Å²) in [5.41, 5.74) is 2.48. The zero-order valence-corrected chi connectivity index (χ0v) is 19.0. The summed E-state index contributed by atoms with van der Waals surface area (Å²) in [5, 5.41) is 0.667. The molecule has 0 bridgehead atoms. The SMILES string of the molecule is COc1ccc(N2C(=O)C(=Cc3cccc(OCc4ccccc4Cl)c3)SC2=S)cc1. The number of halogens is 1. The third-order valence-corrected chi connectivity index (χ3v) is 6.30. The topological polar surface area (TPSA) is 38.8 Å². The predicted octanol–water partition coefficient (Wildman–Crippen LogP) is 6.33. The van der Waals surface area contributed by atoms with Gasteiger partial charge in [-0.25, -0.2) is 0 Å². The van der Waals surface area contributed by atoms with Crippen LogP contribution in [0.4, 0.5) is 5.69 Å². The molecule has 1 aliphatic rings. The van der Waals surface area contributed by atoms with E-state index in [1.165, 1.54) is 16.7 Å². The van der Waals surface area contributed by atoms with Gasteiger partial charge in [0, 0.05) is 10.6 Å². The molecule has 0 spiro atoms. The summed E-state index contributed by atoms with van der Waals surface area (Å²) in [6.45, 7) is 0.364. The number of anilines is 1. The molecule has 4 rings (SSSR count). The first kappa shape index (κ1) is 21.4. The van der Waals surface area contributed by atoms with Crippen molar-refractivity contribution >= 4 is 57.6 Å². The molecule has 7 heteroatoms. The maximum atomic E-state index is 13.0. The van der Waals surface area contributed by atoms with Crippen molar-refractivity contribution in [1.29, 1.82) is 0 Å². The van der Waals surface area contributed by atoms with Crippen LogP contribution in [-0.4, -0.2) is 17.3 Å². The molecule has 0 aromatic heterocycles. The lowest BCUT2D eigenvalue weighted by molar-refractivity contribution is -0.113. The van der Waals surface area contributed by atoms with Crippen LogP contribution in [0.15, 0.2) is 77.7 Å². The van der Waals surface area contributed by atoms with E-state index in [4.69, 9.17) is 33.3 Å². The zero-order valence-electron chi connectivity index (χ0n) is 16.6. The molecule has 0 radical (unpaired) electrons. The Bertz CT molecular complexity index is 1160. The highest BCUT2D eigenvalue weighted by Gasteiger charge is 2.33. The monoisotopic (exact) mass is 467 g/mol. The molecule has 31 heavy (non-hydrogen) atoms.